The van der Waals surface area contributed by atoms with Crippen LogP contribution in [0.4, 0.5) is 0 Å². The van der Waals surface area contributed by atoms with E-state index in [2.05, 4.69) is 398 Å². The fourth-order valence-corrected chi connectivity index (χ4v) is 22.5. The van der Waals surface area contributed by atoms with E-state index in [-0.39, 0.29) is 0 Å². The van der Waals surface area contributed by atoms with Crippen molar-refractivity contribution in [1.82, 2.24) is 67.4 Å². The quantitative estimate of drug-likeness (QED) is 0.144. The number of pyridine rings is 4. The molecule has 0 fully saturated rings. The van der Waals surface area contributed by atoms with Crippen molar-refractivity contribution in [2.75, 3.05) is 0 Å². The summed E-state index contributed by atoms with van der Waals surface area (Å²) in [6, 6.07) is 139. The van der Waals surface area contributed by atoms with E-state index in [9.17, 15) is 0 Å². The molecule has 0 radical (unpaired) electrons. The molecule has 0 spiro atoms. The zero-order chi connectivity index (χ0) is 91.7. The summed E-state index contributed by atoms with van der Waals surface area (Å²) in [4.78, 5) is 45.8. The summed E-state index contributed by atoms with van der Waals surface area (Å²) in [7, 11) is 0. The van der Waals surface area contributed by atoms with Gasteiger partial charge in [-0.3, -0.25) is 19.9 Å². The van der Waals surface area contributed by atoms with E-state index in [1.807, 2.05) is 79.6 Å². The van der Waals surface area contributed by atoms with Gasteiger partial charge in [-0.05, 0) is 196 Å². The van der Waals surface area contributed by atoms with E-state index in [4.69, 9.17) is 15.0 Å². The lowest BCUT2D eigenvalue weighted by Crippen LogP contribution is -1.94. The van der Waals surface area contributed by atoms with Crippen molar-refractivity contribution < 1.29 is 0 Å². The van der Waals surface area contributed by atoms with Gasteiger partial charge < -0.3 is 17.6 Å². The Balaban J connectivity index is 0.0000000896. The van der Waals surface area contributed by atoms with Crippen LogP contribution in [0.1, 0.15) is 0 Å². The van der Waals surface area contributed by atoms with Gasteiger partial charge in [0, 0.05) is 174 Å². The number of rotatable bonds is 8. The zero-order valence-electron chi connectivity index (χ0n) is 75.0. The Morgan fingerprint density at radius 3 is 1.04 bits per heavy atom. The standard InChI is InChI=1S/2C32H19N3.2C31H18N4/c1-3-12-29-24(10-1)26-16-23(17-27-25-11-2-4-13-30(25)35(29)32(26)27)20-7-5-8-21(15-20)28-19-33-18-22-9-6-14-34-31(22)28;1-2-8-20(9-3-1)26-15-21(14-23-18-33-19-34-31(23)26)22-16-27-24-10-4-6-12-29(24)35-30-13-7-5-11-25(30)28(17-22)32(27)35;1-3-10-28-23(8-1)25-15-22(16-26-24-9-2-4-11-29(24)35(28)30(25)26)19-6-5-7-20(14-19)31-33-17-21-12-13-32-18-27(21)34-31;1-2-8-19(9-3-1)21-14-15-32-30-28(33-18-34-29(21)30)20-16-24-22-10-4-6-12-26(22)35-27-13-7-5-11-23(27)25(17-20)31(24)35/h2*1-19H;2*1-18H. The molecule has 14 nitrogen and oxygen atoms in total. The SMILES string of the molecule is c1cc(-c2cc3c4ccccc4n4c5ccccc5c(c2)c34)cc(-c2cncc3cccnc23)c1.c1cc(-c2cc3c4ccccc4n4c5ccccc5c(c2)c34)cc(-c2ncc3ccncc3n2)c1.c1ccc(-c2cc(-c3cc4c5ccccc5n5c6ccccc6c(c3)c45)cc3cncnc23)cc1.c1ccc(-c2ccnc3c(-c4cc5c6ccccc6n6c7ccccc7c(c4)c56)ncnc23)cc1. The van der Waals surface area contributed by atoms with Gasteiger partial charge in [0.2, 0.25) is 0 Å². The van der Waals surface area contributed by atoms with Gasteiger partial charge in [-0.15, -0.1) is 0 Å². The molecule has 15 heterocycles. The molecule has 17 aromatic carbocycles. The first-order valence-electron chi connectivity index (χ1n) is 47.1. The molecule has 0 aliphatic carbocycles. The van der Waals surface area contributed by atoms with Crippen LogP contribution < -0.4 is 0 Å². The lowest BCUT2D eigenvalue weighted by atomic mass is 9.94. The monoisotopic (exact) mass is 1780 g/mol. The molecule has 0 amide bonds. The molecule has 140 heavy (non-hydrogen) atoms. The number of aromatic nitrogens is 14. The molecule has 0 bridgehead atoms. The minimum atomic E-state index is 0.708. The molecular formula is C126H74N14. The second-order valence-corrected chi connectivity index (χ2v) is 36.2. The van der Waals surface area contributed by atoms with Gasteiger partial charge in [0.15, 0.2) is 5.82 Å². The molecule has 0 aliphatic heterocycles. The molecule has 0 atom stereocenters. The van der Waals surface area contributed by atoms with Crippen LogP contribution in [0.15, 0.2) is 450 Å². The van der Waals surface area contributed by atoms with Crippen LogP contribution in [0, 0.1) is 0 Å². The average Bonchev–Trinajstić information content (AvgIpc) is 1.56. The van der Waals surface area contributed by atoms with Crippen molar-refractivity contribution in [2.24, 2.45) is 0 Å². The van der Waals surface area contributed by atoms with Crippen molar-refractivity contribution in [1.29, 1.82) is 0 Å². The molecule has 648 valence electrons. The van der Waals surface area contributed by atoms with Crippen LogP contribution in [0.3, 0.4) is 0 Å². The molecule has 0 unspecified atom stereocenters. The van der Waals surface area contributed by atoms with Crippen LogP contribution >= 0.6 is 0 Å². The van der Waals surface area contributed by atoms with E-state index >= 15 is 0 Å². The Morgan fingerprint density at radius 2 is 0.557 bits per heavy atom. The molecule has 0 aliphatic rings. The third-order valence-electron chi connectivity index (χ3n) is 28.6. The highest BCUT2D eigenvalue weighted by atomic mass is 14.9. The Bertz CT molecular complexity index is 10300. The Kier molecular flexibility index (Phi) is 17.5. The summed E-state index contributed by atoms with van der Waals surface area (Å²) >= 11 is 0. The summed E-state index contributed by atoms with van der Waals surface area (Å²) in [5.74, 6) is 0.708. The van der Waals surface area contributed by atoms with Gasteiger partial charge >= 0.3 is 0 Å². The summed E-state index contributed by atoms with van der Waals surface area (Å²) < 4.78 is 9.64. The summed E-state index contributed by atoms with van der Waals surface area (Å²) in [5, 5.41) is 23.5. The molecule has 14 heteroatoms. The lowest BCUT2D eigenvalue weighted by Gasteiger charge is -2.11. The number of hydrogen-bond acceptors (Lipinski definition) is 10. The number of benzene rings is 17. The Hall–Kier alpha value is -19.2. The summed E-state index contributed by atoms with van der Waals surface area (Å²) in [5.41, 5.74) is 36.3. The van der Waals surface area contributed by atoms with Crippen molar-refractivity contribution in [2.45, 2.75) is 0 Å². The third-order valence-corrected chi connectivity index (χ3v) is 28.6. The largest absolute Gasteiger partial charge is 0.308 e. The van der Waals surface area contributed by atoms with E-state index in [1.165, 1.54) is 180 Å². The molecule has 32 aromatic rings. The maximum absolute atomic E-state index is 4.76. The summed E-state index contributed by atoms with van der Waals surface area (Å²) in [6.07, 6.45) is 18.1. The molecule has 0 saturated carbocycles. The van der Waals surface area contributed by atoms with Crippen LogP contribution in [0.25, 0.3) is 286 Å². The Labute approximate surface area is 798 Å². The van der Waals surface area contributed by atoms with Crippen molar-refractivity contribution in [3.8, 4) is 89.4 Å². The van der Waals surface area contributed by atoms with E-state index in [0.717, 1.165) is 99.5 Å². The van der Waals surface area contributed by atoms with Crippen molar-refractivity contribution in [3.63, 3.8) is 0 Å². The van der Waals surface area contributed by atoms with E-state index < -0.39 is 0 Å². The number of nitrogens with zero attached hydrogens (tertiary/aromatic N) is 14. The molecule has 0 N–H and O–H groups in total. The maximum Gasteiger partial charge on any atom is 0.159 e. The summed E-state index contributed by atoms with van der Waals surface area (Å²) in [6.45, 7) is 0. The molecule has 32 rings (SSSR count). The van der Waals surface area contributed by atoms with Crippen molar-refractivity contribution in [3.05, 3.63) is 450 Å². The second kappa shape index (κ2) is 31.2. The first-order chi connectivity index (χ1) is 69.5. The highest BCUT2D eigenvalue weighted by Gasteiger charge is 2.27. The van der Waals surface area contributed by atoms with Crippen LogP contribution in [0.5, 0.6) is 0 Å². The fraction of sp³-hybridized carbons (Fsp3) is 0. The van der Waals surface area contributed by atoms with Crippen LogP contribution in [-0.2, 0) is 0 Å². The van der Waals surface area contributed by atoms with Gasteiger partial charge in [-0.25, -0.2) is 29.9 Å². The number of fused-ring (bicyclic) bond motifs is 28. The van der Waals surface area contributed by atoms with Gasteiger partial charge in [0.1, 0.15) is 23.7 Å². The van der Waals surface area contributed by atoms with E-state index in [1.54, 1.807) is 25.0 Å². The predicted octanol–water partition coefficient (Wildman–Crippen LogP) is 31.2. The smallest absolute Gasteiger partial charge is 0.159 e. The number of hydrogen-bond donors (Lipinski definition) is 0. The highest BCUT2D eigenvalue weighted by molar-refractivity contribution is 6.29. The molecule has 0 saturated heterocycles. The zero-order valence-corrected chi connectivity index (χ0v) is 75.0. The van der Waals surface area contributed by atoms with Crippen molar-refractivity contribution >= 4 is 196 Å². The first kappa shape index (κ1) is 78.3. The van der Waals surface area contributed by atoms with E-state index in [0.29, 0.717) is 5.82 Å². The number of para-hydroxylation sites is 8. The second-order valence-electron chi connectivity index (χ2n) is 36.2. The maximum atomic E-state index is 4.76. The third kappa shape index (κ3) is 12.1. The minimum absolute atomic E-state index is 0.708. The first-order valence-corrected chi connectivity index (χ1v) is 47.1. The lowest BCUT2D eigenvalue weighted by molar-refractivity contribution is 1.20. The fourth-order valence-electron chi connectivity index (χ4n) is 22.5. The van der Waals surface area contributed by atoms with Gasteiger partial charge in [0.25, 0.3) is 0 Å². The van der Waals surface area contributed by atoms with Gasteiger partial charge in [-0.1, -0.05) is 243 Å². The highest BCUT2D eigenvalue weighted by Crippen LogP contribution is 2.49. The van der Waals surface area contributed by atoms with Gasteiger partial charge in [0.05, 0.1) is 94.6 Å². The molecular weight excluding hydrogens is 1710 g/mol. The average molecular weight is 1780 g/mol. The topological polar surface area (TPSA) is 147 Å². The predicted molar refractivity (Wildman–Crippen MR) is 576 cm³/mol. The van der Waals surface area contributed by atoms with Crippen LogP contribution in [0.2, 0.25) is 0 Å². The minimum Gasteiger partial charge on any atom is -0.308 e. The normalized spacial score (nSPS) is 12.0. The van der Waals surface area contributed by atoms with Crippen LogP contribution in [-0.4, -0.2) is 67.4 Å². The molecule has 15 aromatic heterocycles. The Morgan fingerprint density at radius 1 is 0.171 bits per heavy atom. The van der Waals surface area contributed by atoms with Gasteiger partial charge in [-0.2, -0.15) is 0 Å².